The van der Waals surface area contributed by atoms with Crippen LogP contribution in [0.3, 0.4) is 0 Å². The van der Waals surface area contributed by atoms with E-state index in [1.54, 1.807) is 11.3 Å². The number of hydrogen-bond donors (Lipinski definition) is 2. The highest BCUT2D eigenvalue weighted by atomic mass is 32.1. The van der Waals surface area contributed by atoms with E-state index in [0.29, 0.717) is 12.5 Å². The lowest BCUT2D eigenvalue weighted by molar-refractivity contribution is -0.119. The molecule has 2 N–H and O–H groups in total. The van der Waals surface area contributed by atoms with Crippen molar-refractivity contribution in [3.8, 4) is 0 Å². The quantitative estimate of drug-likeness (QED) is 0.828. The smallest absolute Gasteiger partial charge is 0.239 e. The minimum atomic E-state index is 0.0132. The average molecular weight is 241 g/mol. The first kappa shape index (κ1) is 13.0. The van der Waals surface area contributed by atoms with Gasteiger partial charge in [-0.2, -0.15) is 0 Å². The van der Waals surface area contributed by atoms with Gasteiger partial charge in [0.1, 0.15) is 0 Å². The molecule has 0 aliphatic heterocycles. The average Bonchev–Trinajstić information content (AvgIpc) is 2.52. The molecule has 1 aromatic rings. The van der Waals surface area contributed by atoms with E-state index in [9.17, 15) is 4.79 Å². The Morgan fingerprint density at radius 1 is 1.44 bits per heavy atom. The van der Waals surface area contributed by atoms with Crippen LogP contribution in [-0.4, -0.2) is 24.0 Å². The number of aromatic nitrogens is 1. The highest BCUT2D eigenvalue weighted by Gasteiger charge is 2.05. The predicted octanol–water partition coefficient (Wildman–Crippen LogP) is 1.94. The van der Waals surface area contributed by atoms with Crippen molar-refractivity contribution >= 4 is 22.4 Å². The molecule has 0 aliphatic carbocycles. The Morgan fingerprint density at radius 3 is 2.62 bits per heavy atom. The van der Waals surface area contributed by atoms with Crippen molar-refractivity contribution in [2.45, 2.75) is 27.7 Å². The summed E-state index contributed by atoms with van der Waals surface area (Å²) in [6.07, 6.45) is 0. The maximum absolute atomic E-state index is 11.4. The van der Waals surface area contributed by atoms with Crippen molar-refractivity contribution in [2.24, 2.45) is 5.92 Å². The zero-order valence-corrected chi connectivity index (χ0v) is 11.1. The van der Waals surface area contributed by atoms with Crippen LogP contribution in [-0.2, 0) is 4.79 Å². The van der Waals surface area contributed by atoms with Crippen molar-refractivity contribution in [3.05, 3.63) is 10.6 Å². The summed E-state index contributed by atoms with van der Waals surface area (Å²) in [5.74, 6) is 0.493. The summed E-state index contributed by atoms with van der Waals surface area (Å²) >= 11 is 1.58. The molecule has 0 aromatic carbocycles. The number of aryl methyl sites for hydroxylation is 2. The molecule has 16 heavy (non-hydrogen) atoms. The molecule has 0 atom stereocenters. The number of carbonyl (C=O) groups is 1. The SMILES string of the molecule is Cc1nc(NCC(=O)NCC(C)C)sc1C. The van der Waals surface area contributed by atoms with Crippen molar-refractivity contribution in [1.29, 1.82) is 0 Å². The Labute approximate surface area is 100 Å². The van der Waals surface area contributed by atoms with Gasteiger partial charge in [0.05, 0.1) is 12.2 Å². The fourth-order valence-electron chi connectivity index (χ4n) is 1.08. The summed E-state index contributed by atoms with van der Waals surface area (Å²) in [6.45, 7) is 9.14. The van der Waals surface area contributed by atoms with Gasteiger partial charge in [-0.05, 0) is 19.8 Å². The molecule has 0 fully saturated rings. The summed E-state index contributed by atoms with van der Waals surface area (Å²) in [5, 5.41) is 6.69. The third-order valence-electron chi connectivity index (χ3n) is 2.14. The van der Waals surface area contributed by atoms with Gasteiger partial charge in [-0.1, -0.05) is 13.8 Å². The number of thiazole rings is 1. The molecule has 0 radical (unpaired) electrons. The van der Waals surface area contributed by atoms with E-state index in [2.05, 4.69) is 29.5 Å². The summed E-state index contributed by atoms with van der Waals surface area (Å²) in [4.78, 5) is 16.9. The zero-order valence-electron chi connectivity index (χ0n) is 10.3. The molecule has 0 saturated carbocycles. The maximum Gasteiger partial charge on any atom is 0.239 e. The van der Waals surface area contributed by atoms with Crippen LogP contribution in [0, 0.1) is 19.8 Å². The number of carbonyl (C=O) groups excluding carboxylic acids is 1. The molecule has 5 heteroatoms. The third-order valence-corrected chi connectivity index (χ3v) is 3.17. The summed E-state index contributed by atoms with van der Waals surface area (Å²) < 4.78 is 0. The number of amides is 1. The molecule has 0 bridgehead atoms. The van der Waals surface area contributed by atoms with Crippen molar-refractivity contribution in [3.63, 3.8) is 0 Å². The van der Waals surface area contributed by atoms with Gasteiger partial charge in [-0.25, -0.2) is 4.98 Å². The van der Waals surface area contributed by atoms with E-state index >= 15 is 0 Å². The molecular formula is C11H19N3OS. The Kier molecular flexibility index (Phi) is 4.73. The van der Waals surface area contributed by atoms with Crippen molar-refractivity contribution < 1.29 is 4.79 Å². The Morgan fingerprint density at radius 2 is 2.12 bits per heavy atom. The standard InChI is InChI=1S/C11H19N3OS/c1-7(2)5-12-10(15)6-13-11-14-8(3)9(4)16-11/h7H,5-6H2,1-4H3,(H,12,15)(H,13,14). The van der Waals surface area contributed by atoms with Gasteiger partial charge < -0.3 is 10.6 Å². The van der Waals surface area contributed by atoms with E-state index in [1.165, 1.54) is 4.88 Å². The van der Waals surface area contributed by atoms with Crippen molar-refractivity contribution in [2.75, 3.05) is 18.4 Å². The number of rotatable bonds is 5. The number of nitrogens with zero attached hydrogens (tertiary/aromatic N) is 1. The van der Waals surface area contributed by atoms with E-state index < -0.39 is 0 Å². The van der Waals surface area contributed by atoms with Gasteiger partial charge in [0.15, 0.2) is 5.13 Å². The van der Waals surface area contributed by atoms with Crippen LogP contribution in [0.5, 0.6) is 0 Å². The molecule has 1 amide bonds. The van der Waals surface area contributed by atoms with Crippen LogP contribution in [0.25, 0.3) is 0 Å². The number of anilines is 1. The van der Waals surface area contributed by atoms with Gasteiger partial charge in [0, 0.05) is 11.4 Å². The zero-order chi connectivity index (χ0) is 12.1. The van der Waals surface area contributed by atoms with E-state index in [-0.39, 0.29) is 5.91 Å². The second kappa shape index (κ2) is 5.84. The van der Waals surface area contributed by atoms with Crippen LogP contribution >= 0.6 is 11.3 Å². The first-order valence-electron chi connectivity index (χ1n) is 5.43. The lowest BCUT2D eigenvalue weighted by Gasteiger charge is -2.07. The van der Waals surface area contributed by atoms with Gasteiger partial charge in [0.2, 0.25) is 5.91 Å². The topological polar surface area (TPSA) is 54.0 Å². The first-order valence-corrected chi connectivity index (χ1v) is 6.25. The predicted molar refractivity (Wildman–Crippen MR) is 67.9 cm³/mol. The second-order valence-electron chi connectivity index (χ2n) is 4.21. The molecule has 90 valence electrons. The highest BCUT2D eigenvalue weighted by molar-refractivity contribution is 7.15. The molecule has 0 aliphatic rings. The molecule has 1 rings (SSSR count). The van der Waals surface area contributed by atoms with Crippen LogP contribution in [0.4, 0.5) is 5.13 Å². The summed E-state index contributed by atoms with van der Waals surface area (Å²) in [6, 6.07) is 0. The van der Waals surface area contributed by atoms with Gasteiger partial charge >= 0.3 is 0 Å². The summed E-state index contributed by atoms with van der Waals surface area (Å²) in [5.41, 5.74) is 1.02. The highest BCUT2D eigenvalue weighted by Crippen LogP contribution is 2.20. The van der Waals surface area contributed by atoms with Gasteiger partial charge in [-0.3, -0.25) is 4.79 Å². The first-order chi connectivity index (χ1) is 7.49. The van der Waals surface area contributed by atoms with Crippen LogP contribution in [0.1, 0.15) is 24.4 Å². The second-order valence-corrected chi connectivity index (χ2v) is 5.42. The lowest BCUT2D eigenvalue weighted by atomic mass is 10.2. The molecule has 4 nitrogen and oxygen atoms in total. The Bertz CT molecular complexity index is 341. The third kappa shape index (κ3) is 4.18. The number of hydrogen-bond acceptors (Lipinski definition) is 4. The van der Waals surface area contributed by atoms with E-state index in [0.717, 1.165) is 17.4 Å². The fourth-order valence-corrected chi connectivity index (χ4v) is 1.89. The largest absolute Gasteiger partial charge is 0.354 e. The Hall–Kier alpha value is -1.10. The summed E-state index contributed by atoms with van der Waals surface area (Å²) in [7, 11) is 0. The van der Waals surface area contributed by atoms with Crippen LogP contribution in [0.2, 0.25) is 0 Å². The van der Waals surface area contributed by atoms with Crippen LogP contribution in [0.15, 0.2) is 0 Å². The molecule has 0 unspecified atom stereocenters. The maximum atomic E-state index is 11.4. The minimum Gasteiger partial charge on any atom is -0.354 e. The van der Waals surface area contributed by atoms with Crippen LogP contribution < -0.4 is 10.6 Å². The van der Waals surface area contributed by atoms with E-state index in [4.69, 9.17) is 0 Å². The molecule has 0 saturated heterocycles. The van der Waals surface area contributed by atoms with Gasteiger partial charge in [-0.15, -0.1) is 11.3 Å². The fraction of sp³-hybridized carbons (Fsp3) is 0.636. The molecular weight excluding hydrogens is 222 g/mol. The molecule has 0 spiro atoms. The normalized spacial score (nSPS) is 10.6. The van der Waals surface area contributed by atoms with Crippen molar-refractivity contribution in [1.82, 2.24) is 10.3 Å². The van der Waals surface area contributed by atoms with E-state index in [1.807, 2.05) is 13.8 Å². The lowest BCUT2D eigenvalue weighted by Crippen LogP contribution is -2.32. The Balaban J connectivity index is 2.31. The number of nitrogens with one attached hydrogen (secondary N) is 2. The molecule has 1 heterocycles. The monoisotopic (exact) mass is 241 g/mol. The van der Waals surface area contributed by atoms with Gasteiger partial charge in [0.25, 0.3) is 0 Å². The molecule has 1 aromatic heterocycles. The minimum absolute atomic E-state index is 0.0132.